The van der Waals surface area contributed by atoms with Crippen molar-refractivity contribution in [3.8, 4) is 0 Å². The number of hydrogen-bond donors (Lipinski definition) is 9. The molecule has 5 unspecified atom stereocenters. The Morgan fingerprint density at radius 1 is 0.373 bits per heavy atom. The minimum Gasteiger partial charge on any atom is -0.353 e. The molecule has 0 heterocycles. The average Bonchev–Trinajstić information content (AvgIpc) is 3.03. The van der Waals surface area contributed by atoms with Crippen LogP contribution in [0.4, 0.5) is 0 Å². The molecular weight excluding hydrogens is 654 g/mol. The second-order valence-electron chi connectivity index (χ2n) is 13.7. The fourth-order valence-corrected chi connectivity index (χ4v) is 6.03. The van der Waals surface area contributed by atoms with E-state index in [4.69, 9.17) is 0 Å². The number of hydrogen-bond acceptors (Lipinski definition) is 11. The third-order valence-electron chi connectivity index (χ3n) is 8.58. The molecule has 0 aromatic heterocycles. The van der Waals surface area contributed by atoms with E-state index in [0.717, 1.165) is 45.3 Å². The van der Waals surface area contributed by atoms with Crippen molar-refractivity contribution in [3.63, 3.8) is 0 Å². The van der Waals surface area contributed by atoms with E-state index in [2.05, 4.69) is 47.9 Å². The first-order chi connectivity index (χ1) is 24.4. The van der Waals surface area contributed by atoms with Gasteiger partial charge in [0.1, 0.15) is 11.6 Å². The molecule has 0 spiro atoms. The number of carbonyl (C=O) groups excluding carboxylic acids is 6. The Labute approximate surface area is 306 Å². The minimum atomic E-state index is -0.747. The summed E-state index contributed by atoms with van der Waals surface area (Å²) >= 11 is 0. The van der Waals surface area contributed by atoms with Gasteiger partial charge in [0.15, 0.2) is 0 Å². The number of carbonyl (C=O) groups is 6. The molecule has 51 heavy (non-hydrogen) atoms. The molecule has 9 N–H and O–H groups in total. The number of rotatable bonds is 33. The Morgan fingerprint density at radius 3 is 0.941 bits per heavy atom. The molecule has 296 valence electrons. The molecule has 15 nitrogen and oxygen atoms in total. The van der Waals surface area contributed by atoms with E-state index in [1.165, 1.54) is 13.8 Å². The molecule has 0 saturated carbocycles. The fourth-order valence-electron chi connectivity index (χ4n) is 6.03. The van der Waals surface area contributed by atoms with E-state index in [1.807, 2.05) is 35.2 Å². The van der Waals surface area contributed by atoms with Gasteiger partial charge in [0, 0.05) is 68.7 Å². The van der Waals surface area contributed by atoms with E-state index in [9.17, 15) is 28.8 Å². The molecule has 15 heteroatoms. The van der Waals surface area contributed by atoms with E-state index < -0.39 is 18.1 Å². The van der Waals surface area contributed by atoms with Crippen LogP contribution >= 0.6 is 0 Å². The van der Waals surface area contributed by atoms with Gasteiger partial charge >= 0.3 is 0 Å². The number of amides is 4. The van der Waals surface area contributed by atoms with E-state index in [1.54, 1.807) is 0 Å². The highest BCUT2D eigenvalue weighted by atomic mass is 16.2. The lowest BCUT2D eigenvalue weighted by Gasteiger charge is -2.24. The highest BCUT2D eigenvalue weighted by Gasteiger charge is 2.25. The van der Waals surface area contributed by atoms with E-state index >= 15 is 0 Å². The third-order valence-corrected chi connectivity index (χ3v) is 8.58. The molecule has 4 amide bonds. The zero-order valence-electron chi connectivity index (χ0n) is 32.6. The highest BCUT2D eigenvalue weighted by Crippen LogP contribution is 2.10. The molecule has 0 bridgehead atoms. The molecule has 0 aliphatic carbocycles. The summed E-state index contributed by atoms with van der Waals surface area (Å²) in [6.45, 7) is 5.97. The number of nitrogens with one attached hydrogen (secondary N) is 9. The second kappa shape index (κ2) is 30.6. The second-order valence-corrected chi connectivity index (χ2v) is 13.7. The summed E-state index contributed by atoms with van der Waals surface area (Å²) in [6.07, 6.45) is 6.23. The standard InChI is InChI=1S/C36H71N9O6/c1-26(46)20-29(13-9-17-38-4)42-34(49)23-30(14-10-18-39-5)44-36(51)25-32(21-27(2)47)45-35(50)24-31(15-11-19-40-6)43-33(48)22-28(41-7)12-8-16-37-3/h28-32,37-41H,8-25H2,1-7H3,(H,42,49)(H,43,48)(H,44,51)(H,45,50). The summed E-state index contributed by atoms with van der Waals surface area (Å²) in [5.74, 6) is -1.31. The van der Waals surface area contributed by atoms with Gasteiger partial charge < -0.3 is 47.9 Å². The predicted octanol–water partition coefficient (Wildman–Crippen LogP) is 0.0306. The lowest BCUT2D eigenvalue weighted by atomic mass is 10.0. The lowest BCUT2D eigenvalue weighted by Crippen LogP contribution is -2.47. The normalized spacial score (nSPS) is 14.1. The van der Waals surface area contributed by atoms with Gasteiger partial charge in [0.2, 0.25) is 23.6 Å². The van der Waals surface area contributed by atoms with Gasteiger partial charge in [0.05, 0.1) is 0 Å². The van der Waals surface area contributed by atoms with Gasteiger partial charge in [0.25, 0.3) is 0 Å². The van der Waals surface area contributed by atoms with Gasteiger partial charge in [-0.2, -0.15) is 0 Å². The Hall–Kier alpha value is -2.98. The van der Waals surface area contributed by atoms with Crippen LogP contribution in [0.3, 0.4) is 0 Å². The van der Waals surface area contributed by atoms with Crippen molar-refractivity contribution in [1.29, 1.82) is 0 Å². The number of Topliss-reactive ketones (excluding diaryl/α,β-unsaturated/α-hetero) is 2. The summed E-state index contributed by atoms with van der Waals surface area (Å²) in [5, 5.41) is 27.4. The van der Waals surface area contributed by atoms with Crippen LogP contribution in [-0.2, 0) is 28.8 Å². The van der Waals surface area contributed by atoms with Crippen molar-refractivity contribution < 1.29 is 28.8 Å². The van der Waals surface area contributed by atoms with E-state index in [-0.39, 0.29) is 79.4 Å². The topological polar surface area (TPSA) is 211 Å². The first-order valence-electron chi connectivity index (χ1n) is 18.8. The van der Waals surface area contributed by atoms with Gasteiger partial charge in [-0.25, -0.2) is 0 Å². The summed E-state index contributed by atoms with van der Waals surface area (Å²) < 4.78 is 0. The summed E-state index contributed by atoms with van der Waals surface area (Å²) in [4.78, 5) is 76.6. The van der Waals surface area contributed by atoms with Crippen molar-refractivity contribution in [2.75, 3.05) is 61.4 Å². The van der Waals surface area contributed by atoms with Crippen LogP contribution in [0.15, 0.2) is 0 Å². The van der Waals surface area contributed by atoms with Crippen LogP contribution in [0.2, 0.25) is 0 Å². The molecular formula is C36H71N9O6. The Morgan fingerprint density at radius 2 is 0.627 bits per heavy atom. The Bertz CT molecular complexity index is 1020. The van der Waals surface area contributed by atoms with Gasteiger partial charge in [-0.05, 0) is 127 Å². The zero-order valence-corrected chi connectivity index (χ0v) is 32.6. The minimum absolute atomic E-state index is 0.00736. The van der Waals surface area contributed by atoms with Crippen molar-refractivity contribution in [2.24, 2.45) is 0 Å². The van der Waals surface area contributed by atoms with Crippen LogP contribution in [0.5, 0.6) is 0 Å². The zero-order chi connectivity index (χ0) is 38.4. The largest absolute Gasteiger partial charge is 0.353 e. The molecule has 0 fully saturated rings. The van der Waals surface area contributed by atoms with Crippen LogP contribution in [0.25, 0.3) is 0 Å². The fraction of sp³-hybridized carbons (Fsp3) is 0.833. The molecule has 5 atom stereocenters. The maximum Gasteiger partial charge on any atom is 0.222 e. The lowest BCUT2D eigenvalue weighted by molar-refractivity contribution is -0.125. The smallest absolute Gasteiger partial charge is 0.222 e. The SMILES string of the molecule is CNCCCC(CC(=O)NC(CCCNC)CC(=O)NC(CC(C)=O)CC(=O)NC(CCCNC)CC(=O)NC(CCCNC)CC(C)=O)NC. The van der Waals surface area contributed by atoms with Crippen LogP contribution in [-0.4, -0.2) is 127 Å². The maximum atomic E-state index is 13.3. The van der Waals surface area contributed by atoms with Crippen LogP contribution in [0, 0.1) is 0 Å². The average molecular weight is 726 g/mol. The monoisotopic (exact) mass is 726 g/mol. The summed E-state index contributed by atoms with van der Waals surface area (Å²) in [7, 11) is 9.25. The van der Waals surface area contributed by atoms with Crippen molar-refractivity contribution in [2.45, 2.75) is 134 Å². The molecule has 0 radical (unpaired) electrons. The Balaban J connectivity index is 5.52. The molecule has 0 aromatic rings. The third kappa shape index (κ3) is 27.4. The Kier molecular flexibility index (Phi) is 28.8. The predicted molar refractivity (Wildman–Crippen MR) is 202 cm³/mol. The van der Waals surface area contributed by atoms with Crippen molar-refractivity contribution in [3.05, 3.63) is 0 Å². The maximum absolute atomic E-state index is 13.3. The number of ketones is 2. The molecule has 0 rings (SSSR count). The van der Waals surface area contributed by atoms with E-state index in [0.29, 0.717) is 38.6 Å². The van der Waals surface area contributed by atoms with Gasteiger partial charge in [-0.15, -0.1) is 0 Å². The quantitative estimate of drug-likeness (QED) is 0.0412. The van der Waals surface area contributed by atoms with Crippen molar-refractivity contribution >= 4 is 35.2 Å². The summed E-state index contributed by atoms with van der Waals surface area (Å²) in [6, 6.07) is -1.90. The first kappa shape index (κ1) is 48.0. The molecule has 0 saturated heterocycles. The van der Waals surface area contributed by atoms with Crippen LogP contribution < -0.4 is 47.9 Å². The highest BCUT2D eigenvalue weighted by molar-refractivity contribution is 5.84. The van der Waals surface area contributed by atoms with Crippen LogP contribution in [0.1, 0.15) is 104 Å². The van der Waals surface area contributed by atoms with Gasteiger partial charge in [-0.1, -0.05) is 0 Å². The summed E-state index contributed by atoms with van der Waals surface area (Å²) in [5.41, 5.74) is 0. The molecule has 0 aliphatic heterocycles. The van der Waals surface area contributed by atoms with Crippen molar-refractivity contribution in [1.82, 2.24) is 47.9 Å². The van der Waals surface area contributed by atoms with Gasteiger partial charge in [-0.3, -0.25) is 28.8 Å². The first-order valence-corrected chi connectivity index (χ1v) is 18.8. The molecule has 0 aliphatic rings. The molecule has 0 aromatic carbocycles.